The minimum absolute atomic E-state index is 0.282. The van der Waals surface area contributed by atoms with E-state index in [0.29, 0.717) is 12.1 Å². The molecule has 0 unspecified atom stereocenters. The lowest BCUT2D eigenvalue weighted by molar-refractivity contribution is -0.129. The number of carbonyl (C=O) groups excluding carboxylic acids is 1. The second-order valence-electron chi connectivity index (χ2n) is 3.39. The van der Waals surface area contributed by atoms with Gasteiger partial charge < -0.3 is 4.90 Å². The number of nitrogens with zero attached hydrogens (tertiary/aromatic N) is 1. The molecule has 0 radical (unpaired) electrons. The lowest BCUT2D eigenvalue weighted by Crippen LogP contribution is -2.32. The van der Waals surface area contributed by atoms with Crippen LogP contribution in [0.1, 0.15) is 32.6 Å². The molecule has 0 aromatic heterocycles. The molecule has 0 heterocycles. The van der Waals surface area contributed by atoms with Crippen molar-refractivity contribution in [3.8, 4) is 0 Å². The van der Waals surface area contributed by atoms with Gasteiger partial charge in [-0.05, 0) is 25.7 Å². The van der Waals surface area contributed by atoms with Crippen LogP contribution in [0.3, 0.4) is 0 Å². The molecule has 2 aliphatic rings. The summed E-state index contributed by atoms with van der Waals surface area (Å²) in [5.41, 5.74) is 0. The predicted molar refractivity (Wildman–Crippen MR) is 38.6 cm³/mol. The van der Waals surface area contributed by atoms with E-state index in [1.807, 2.05) is 0 Å². The third-order valence-corrected chi connectivity index (χ3v) is 2.24. The Morgan fingerprint density at radius 2 is 1.60 bits per heavy atom. The Balaban J connectivity index is 1.98. The second kappa shape index (κ2) is 1.97. The molecule has 2 fully saturated rings. The Morgan fingerprint density at radius 3 is 1.80 bits per heavy atom. The molecule has 0 atom stereocenters. The highest BCUT2D eigenvalue weighted by atomic mass is 16.2. The largest absolute Gasteiger partial charge is 0.337 e. The van der Waals surface area contributed by atoms with Crippen LogP contribution in [0.25, 0.3) is 0 Å². The number of hydrogen-bond donors (Lipinski definition) is 0. The maximum absolute atomic E-state index is 11.0. The van der Waals surface area contributed by atoms with Crippen LogP contribution in [0.2, 0.25) is 0 Å². The van der Waals surface area contributed by atoms with Crippen molar-refractivity contribution in [1.29, 1.82) is 0 Å². The van der Waals surface area contributed by atoms with Crippen LogP contribution in [-0.4, -0.2) is 22.9 Å². The standard InChI is InChI=1S/C8H13NO/c1-6(10)9(7-2-3-7)8-4-5-8/h7-8H,2-5H2,1H3. The van der Waals surface area contributed by atoms with Crippen molar-refractivity contribution in [2.75, 3.05) is 0 Å². The first-order valence-electron chi connectivity index (χ1n) is 4.08. The van der Waals surface area contributed by atoms with Crippen molar-refractivity contribution < 1.29 is 4.79 Å². The van der Waals surface area contributed by atoms with Crippen molar-refractivity contribution in [2.45, 2.75) is 44.7 Å². The Morgan fingerprint density at radius 1 is 1.20 bits per heavy atom. The Labute approximate surface area is 61.2 Å². The zero-order chi connectivity index (χ0) is 7.14. The smallest absolute Gasteiger partial charge is 0.219 e. The summed E-state index contributed by atoms with van der Waals surface area (Å²) in [4.78, 5) is 13.1. The highest BCUT2D eigenvalue weighted by Gasteiger charge is 2.40. The lowest BCUT2D eigenvalue weighted by atomic mass is 10.4. The zero-order valence-electron chi connectivity index (χ0n) is 6.34. The van der Waals surface area contributed by atoms with Crippen molar-refractivity contribution in [3.05, 3.63) is 0 Å². The van der Waals surface area contributed by atoms with Gasteiger partial charge in [0.25, 0.3) is 0 Å². The maximum atomic E-state index is 11.0. The molecule has 10 heavy (non-hydrogen) atoms. The molecule has 0 aromatic carbocycles. The molecular weight excluding hydrogens is 126 g/mol. The van der Waals surface area contributed by atoms with E-state index in [1.54, 1.807) is 6.92 Å². The summed E-state index contributed by atoms with van der Waals surface area (Å²) < 4.78 is 0. The summed E-state index contributed by atoms with van der Waals surface area (Å²) in [6, 6.07) is 1.26. The molecule has 2 rings (SSSR count). The average molecular weight is 139 g/mol. The molecule has 2 nitrogen and oxygen atoms in total. The van der Waals surface area contributed by atoms with Gasteiger partial charge in [0.2, 0.25) is 5.91 Å². The Hall–Kier alpha value is -0.530. The molecule has 2 saturated carbocycles. The van der Waals surface area contributed by atoms with Gasteiger partial charge in [0.05, 0.1) is 0 Å². The minimum Gasteiger partial charge on any atom is -0.337 e. The molecule has 0 N–H and O–H groups in total. The summed E-state index contributed by atoms with van der Waals surface area (Å²) in [5, 5.41) is 0. The molecule has 0 spiro atoms. The van der Waals surface area contributed by atoms with Gasteiger partial charge in [-0.15, -0.1) is 0 Å². The quantitative estimate of drug-likeness (QED) is 0.562. The van der Waals surface area contributed by atoms with Crippen molar-refractivity contribution >= 4 is 5.91 Å². The van der Waals surface area contributed by atoms with Gasteiger partial charge in [-0.2, -0.15) is 0 Å². The molecular formula is C8H13NO. The van der Waals surface area contributed by atoms with Gasteiger partial charge in [0.15, 0.2) is 0 Å². The van der Waals surface area contributed by atoms with Gasteiger partial charge in [-0.3, -0.25) is 4.79 Å². The van der Waals surface area contributed by atoms with Crippen LogP contribution in [0.4, 0.5) is 0 Å². The summed E-state index contributed by atoms with van der Waals surface area (Å²) >= 11 is 0. The van der Waals surface area contributed by atoms with Crippen LogP contribution >= 0.6 is 0 Å². The average Bonchev–Trinajstić information content (AvgIpc) is 2.49. The predicted octanol–water partition coefficient (Wildman–Crippen LogP) is 1.16. The molecule has 1 amide bonds. The zero-order valence-corrected chi connectivity index (χ0v) is 6.34. The first kappa shape index (κ1) is 6.20. The number of amides is 1. The molecule has 2 aliphatic carbocycles. The lowest BCUT2D eigenvalue weighted by Gasteiger charge is -2.19. The van der Waals surface area contributed by atoms with Gasteiger partial charge in [0.1, 0.15) is 0 Å². The second-order valence-corrected chi connectivity index (χ2v) is 3.39. The normalized spacial score (nSPS) is 24.5. The Kier molecular flexibility index (Phi) is 1.22. The number of carbonyl (C=O) groups is 1. The monoisotopic (exact) mass is 139 g/mol. The van der Waals surface area contributed by atoms with Gasteiger partial charge >= 0.3 is 0 Å². The fourth-order valence-corrected chi connectivity index (χ4v) is 1.52. The van der Waals surface area contributed by atoms with Gasteiger partial charge in [-0.1, -0.05) is 0 Å². The summed E-state index contributed by atoms with van der Waals surface area (Å²) in [6.45, 7) is 1.69. The molecule has 0 aromatic rings. The van der Waals surface area contributed by atoms with Crippen LogP contribution in [-0.2, 0) is 4.79 Å². The fourth-order valence-electron chi connectivity index (χ4n) is 1.52. The maximum Gasteiger partial charge on any atom is 0.219 e. The number of hydrogen-bond acceptors (Lipinski definition) is 1. The van der Waals surface area contributed by atoms with Crippen LogP contribution < -0.4 is 0 Å². The minimum atomic E-state index is 0.282. The van der Waals surface area contributed by atoms with E-state index < -0.39 is 0 Å². The van der Waals surface area contributed by atoms with Crippen molar-refractivity contribution in [3.63, 3.8) is 0 Å². The van der Waals surface area contributed by atoms with E-state index in [-0.39, 0.29) is 5.91 Å². The van der Waals surface area contributed by atoms with E-state index >= 15 is 0 Å². The van der Waals surface area contributed by atoms with E-state index in [0.717, 1.165) is 0 Å². The third kappa shape index (κ3) is 1.02. The molecule has 0 aliphatic heterocycles. The van der Waals surface area contributed by atoms with E-state index in [2.05, 4.69) is 4.90 Å². The summed E-state index contributed by atoms with van der Waals surface area (Å²) in [6.07, 6.45) is 4.98. The molecule has 2 heteroatoms. The van der Waals surface area contributed by atoms with E-state index in [1.165, 1.54) is 25.7 Å². The molecule has 56 valence electrons. The first-order chi connectivity index (χ1) is 4.79. The van der Waals surface area contributed by atoms with Gasteiger partial charge in [-0.25, -0.2) is 0 Å². The molecule has 0 bridgehead atoms. The summed E-state index contributed by atoms with van der Waals surface area (Å²) in [5.74, 6) is 0.282. The van der Waals surface area contributed by atoms with Crippen LogP contribution in [0, 0.1) is 0 Å². The third-order valence-electron chi connectivity index (χ3n) is 2.24. The topological polar surface area (TPSA) is 20.3 Å². The van der Waals surface area contributed by atoms with Crippen molar-refractivity contribution in [2.24, 2.45) is 0 Å². The number of rotatable bonds is 2. The van der Waals surface area contributed by atoms with Gasteiger partial charge in [0, 0.05) is 19.0 Å². The first-order valence-corrected chi connectivity index (χ1v) is 4.08. The Bertz CT molecular complexity index is 147. The molecule has 0 saturated heterocycles. The van der Waals surface area contributed by atoms with E-state index in [4.69, 9.17) is 0 Å². The summed E-state index contributed by atoms with van der Waals surface area (Å²) in [7, 11) is 0. The van der Waals surface area contributed by atoms with Crippen LogP contribution in [0.15, 0.2) is 0 Å². The van der Waals surface area contributed by atoms with Crippen LogP contribution in [0.5, 0.6) is 0 Å². The SMILES string of the molecule is CC(=O)N(C1CC1)C1CC1. The highest BCUT2D eigenvalue weighted by molar-refractivity contribution is 5.74. The van der Waals surface area contributed by atoms with Crippen molar-refractivity contribution in [1.82, 2.24) is 4.90 Å². The fraction of sp³-hybridized carbons (Fsp3) is 0.875. The highest BCUT2D eigenvalue weighted by Crippen LogP contribution is 2.36. The van der Waals surface area contributed by atoms with E-state index in [9.17, 15) is 4.79 Å².